The van der Waals surface area contributed by atoms with Gasteiger partial charge in [0.15, 0.2) is 0 Å². The third-order valence-corrected chi connectivity index (χ3v) is 4.68. The zero-order chi connectivity index (χ0) is 9.59. The number of fused-ring (bicyclic) bond motifs is 1. The van der Waals surface area contributed by atoms with Gasteiger partial charge in [0, 0.05) is 16.2 Å². The van der Waals surface area contributed by atoms with Crippen LogP contribution < -0.4 is 0 Å². The molecule has 0 radical (unpaired) electrons. The Labute approximate surface area is 83.1 Å². The summed E-state index contributed by atoms with van der Waals surface area (Å²) < 4.78 is 0. The SMILES string of the molecule is CC1=C([SiH3])c2c(C)cccc2C1C. The van der Waals surface area contributed by atoms with Crippen molar-refractivity contribution in [1.29, 1.82) is 0 Å². The molecule has 1 aliphatic carbocycles. The molecule has 1 atom stereocenters. The standard InChI is InChI=1S/C12H16Si/c1-7-5-4-6-10-8(2)9(3)12(13)11(7)10/h4-6,8H,1-3,13H3. The van der Waals surface area contributed by atoms with Crippen LogP contribution in [0.3, 0.4) is 0 Å². The number of hydrogen-bond acceptors (Lipinski definition) is 0. The molecular weight excluding hydrogens is 172 g/mol. The second-order valence-electron chi connectivity index (χ2n) is 4.07. The minimum Gasteiger partial charge on any atom is -0.0672 e. The second kappa shape index (κ2) is 2.84. The molecule has 0 heterocycles. The molecule has 0 amide bonds. The first-order valence-electron chi connectivity index (χ1n) is 4.90. The van der Waals surface area contributed by atoms with Gasteiger partial charge in [-0.2, -0.15) is 0 Å². The molecule has 0 N–H and O–H groups in total. The Hall–Kier alpha value is -0.823. The first-order valence-corrected chi connectivity index (χ1v) is 5.90. The summed E-state index contributed by atoms with van der Waals surface area (Å²) in [6, 6.07) is 6.68. The Bertz CT molecular complexity index is 388. The number of benzene rings is 1. The molecule has 0 fully saturated rings. The van der Waals surface area contributed by atoms with E-state index in [9.17, 15) is 0 Å². The summed E-state index contributed by atoms with van der Waals surface area (Å²) in [5.41, 5.74) is 6.14. The molecule has 0 aromatic heterocycles. The van der Waals surface area contributed by atoms with Crippen LogP contribution in [0.2, 0.25) is 0 Å². The number of rotatable bonds is 0. The fourth-order valence-electron chi connectivity index (χ4n) is 2.32. The molecule has 0 aliphatic heterocycles. The highest BCUT2D eigenvalue weighted by Crippen LogP contribution is 2.40. The molecule has 1 unspecified atom stereocenters. The third-order valence-electron chi connectivity index (χ3n) is 3.39. The van der Waals surface area contributed by atoms with E-state index < -0.39 is 0 Å². The summed E-state index contributed by atoms with van der Waals surface area (Å²) in [5.74, 6) is 0.655. The fourth-order valence-corrected chi connectivity index (χ4v) is 3.43. The topological polar surface area (TPSA) is 0 Å². The molecule has 1 aromatic rings. The number of aryl methyl sites for hydroxylation is 1. The molecule has 1 aromatic carbocycles. The molecule has 0 bridgehead atoms. The minimum atomic E-state index is 0.655. The van der Waals surface area contributed by atoms with Crippen LogP contribution in [0.25, 0.3) is 5.20 Å². The maximum Gasteiger partial charge on any atom is 0.0392 e. The fraction of sp³-hybridized carbons (Fsp3) is 0.333. The molecular formula is C12H16Si. The van der Waals surface area contributed by atoms with Gasteiger partial charge >= 0.3 is 0 Å². The molecule has 1 aliphatic rings. The summed E-state index contributed by atoms with van der Waals surface area (Å²) in [5, 5.41) is 1.63. The van der Waals surface area contributed by atoms with E-state index in [0.717, 1.165) is 0 Å². The van der Waals surface area contributed by atoms with Gasteiger partial charge in [0.25, 0.3) is 0 Å². The predicted octanol–water partition coefficient (Wildman–Crippen LogP) is 2.21. The summed E-state index contributed by atoms with van der Waals surface area (Å²) in [6.45, 7) is 6.83. The molecule has 0 nitrogen and oxygen atoms in total. The highest BCUT2D eigenvalue weighted by atomic mass is 28.1. The first kappa shape index (κ1) is 8.76. The van der Waals surface area contributed by atoms with E-state index in [1.807, 2.05) is 0 Å². The number of hydrogen-bond donors (Lipinski definition) is 0. The van der Waals surface area contributed by atoms with Gasteiger partial charge in [-0.25, -0.2) is 0 Å². The lowest BCUT2D eigenvalue weighted by molar-refractivity contribution is 0.920. The van der Waals surface area contributed by atoms with E-state index in [1.54, 1.807) is 21.9 Å². The van der Waals surface area contributed by atoms with Gasteiger partial charge in [-0.3, -0.25) is 0 Å². The summed E-state index contributed by atoms with van der Waals surface area (Å²) in [6.07, 6.45) is 0. The van der Waals surface area contributed by atoms with Crippen molar-refractivity contribution in [3.8, 4) is 0 Å². The smallest absolute Gasteiger partial charge is 0.0392 e. The van der Waals surface area contributed by atoms with Crippen molar-refractivity contribution in [3.05, 3.63) is 40.5 Å². The summed E-state index contributed by atoms with van der Waals surface area (Å²) in [7, 11) is 1.18. The normalized spacial score (nSPS) is 21.0. The summed E-state index contributed by atoms with van der Waals surface area (Å²) >= 11 is 0. The lowest BCUT2D eigenvalue weighted by atomic mass is 9.97. The van der Waals surface area contributed by atoms with E-state index in [-0.39, 0.29) is 0 Å². The first-order chi connectivity index (χ1) is 6.13. The lowest BCUT2D eigenvalue weighted by Gasteiger charge is -2.08. The van der Waals surface area contributed by atoms with Crippen molar-refractivity contribution in [1.82, 2.24) is 0 Å². The molecule has 0 saturated carbocycles. The van der Waals surface area contributed by atoms with Gasteiger partial charge in [0.2, 0.25) is 0 Å². The molecule has 0 saturated heterocycles. The minimum absolute atomic E-state index is 0.655. The van der Waals surface area contributed by atoms with Gasteiger partial charge in [-0.05, 0) is 30.5 Å². The number of allylic oxidation sites excluding steroid dienone is 1. The van der Waals surface area contributed by atoms with Gasteiger partial charge in [-0.15, -0.1) is 0 Å². The van der Waals surface area contributed by atoms with E-state index in [1.165, 1.54) is 15.8 Å². The lowest BCUT2D eigenvalue weighted by Crippen LogP contribution is -1.91. The van der Waals surface area contributed by atoms with Crippen molar-refractivity contribution in [2.75, 3.05) is 0 Å². The van der Waals surface area contributed by atoms with Gasteiger partial charge in [0.05, 0.1) is 0 Å². The van der Waals surface area contributed by atoms with Crippen LogP contribution in [0.4, 0.5) is 0 Å². The zero-order valence-corrected chi connectivity index (χ0v) is 10.8. The monoisotopic (exact) mass is 188 g/mol. The Morgan fingerprint density at radius 2 is 1.92 bits per heavy atom. The molecule has 68 valence electrons. The molecule has 0 spiro atoms. The Kier molecular flexibility index (Phi) is 1.92. The average Bonchev–Trinajstić information content (AvgIpc) is 2.33. The van der Waals surface area contributed by atoms with E-state index in [2.05, 4.69) is 39.0 Å². The average molecular weight is 188 g/mol. The molecule has 2 rings (SSSR count). The van der Waals surface area contributed by atoms with Gasteiger partial charge in [0.1, 0.15) is 0 Å². The van der Waals surface area contributed by atoms with Crippen LogP contribution in [0.5, 0.6) is 0 Å². The van der Waals surface area contributed by atoms with E-state index in [4.69, 9.17) is 0 Å². The van der Waals surface area contributed by atoms with E-state index in [0.29, 0.717) is 5.92 Å². The van der Waals surface area contributed by atoms with Crippen molar-refractivity contribution in [2.24, 2.45) is 0 Å². The van der Waals surface area contributed by atoms with Crippen LogP contribution in [-0.4, -0.2) is 10.2 Å². The predicted molar refractivity (Wildman–Crippen MR) is 62.1 cm³/mol. The van der Waals surface area contributed by atoms with Crippen LogP contribution in [0.15, 0.2) is 23.8 Å². The Morgan fingerprint density at radius 3 is 2.54 bits per heavy atom. The molecule has 13 heavy (non-hydrogen) atoms. The highest BCUT2D eigenvalue weighted by Gasteiger charge is 2.23. The molecule has 1 heteroatoms. The van der Waals surface area contributed by atoms with Crippen molar-refractivity contribution in [3.63, 3.8) is 0 Å². The Balaban J connectivity index is 2.72. The zero-order valence-electron chi connectivity index (χ0n) is 8.81. The van der Waals surface area contributed by atoms with Crippen LogP contribution in [0.1, 0.15) is 36.5 Å². The summed E-state index contributed by atoms with van der Waals surface area (Å²) in [4.78, 5) is 0. The van der Waals surface area contributed by atoms with Crippen LogP contribution >= 0.6 is 0 Å². The van der Waals surface area contributed by atoms with Crippen LogP contribution in [-0.2, 0) is 0 Å². The Morgan fingerprint density at radius 1 is 1.23 bits per heavy atom. The highest BCUT2D eigenvalue weighted by molar-refractivity contribution is 6.44. The van der Waals surface area contributed by atoms with Crippen molar-refractivity contribution in [2.45, 2.75) is 26.7 Å². The second-order valence-corrected chi connectivity index (χ2v) is 5.07. The van der Waals surface area contributed by atoms with Crippen molar-refractivity contribution >= 4 is 15.4 Å². The van der Waals surface area contributed by atoms with E-state index >= 15 is 0 Å². The van der Waals surface area contributed by atoms with Crippen molar-refractivity contribution < 1.29 is 0 Å². The maximum absolute atomic E-state index is 2.32. The van der Waals surface area contributed by atoms with Gasteiger partial charge in [-0.1, -0.05) is 35.9 Å². The largest absolute Gasteiger partial charge is 0.0672 e. The maximum atomic E-state index is 2.32. The van der Waals surface area contributed by atoms with Gasteiger partial charge < -0.3 is 0 Å². The van der Waals surface area contributed by atoms with Crippen LogP contribution in [0, 0.1) is 6.92 Å². The quantitative estimate of drug-likeness (QED) is 0.548. The third kappa shape index (κ3) is 1.11.